The molecular weight excluding hydrogens is 398 g/mol. The van der Waals surface area contributed by atoms with Crippen LogP contribution in [0, 0.1) is 10.1 Å². The maximum absolute atomic E-state index is 11.8. The van der Waals surface area contributed by atoms with E-state index < -0.39 is 29.5 Å². The molecule has 0 aliphatic carbocycles. The molecule has 0 saturated heterocycles. The van der Waals surface area contributed by atoms with Crippen molar-refractivity contribution in [1.29, 1.82) is 0 Å². The second-order valence-electron chi connectivity index (χ2n) is 5.82. The molecule has 1 atom stereocenters. The number of methoxy groups -OCH3 is 1. The van der Waals surface area contributed by atoms with Gasteiger partial charge in [-0.1, -0.05) is 12.1 Å². The van der Waals surface area contributed by atoms with E-state index in [9.17, 15) is 19.7 Å². The van der Waals surface area contributed by atoms with Gasteiger partial charge >= 0.3 is 11.7 Å². The van der Waals surface area contributed by atoms with E-state index in [4.69, 9.17) is 19.3 Å². The summed E-state index contributed by atoms with van der Waals surface area (Å²) < 4.78 is 15.6. The molecule has 0 aromatic heterocycles. The number of nitro groups is 1. The highest BCUT2D eigenvalue weighted by atomic mass is 16.6. The van der Waals surface area contributed by atoms with Crippen LogP contribution in [-0.2, 0) is 9.59 Å². The van der Waals surface area contributed by atoms with Crippen molar-refractivity contribution < 1.29 is 33.8 Å². The fraction of sp³-hybridized carbons (Fsp3) is 0.211. The maximum atomic E-state index is 11.8. The summed E-state index contributed by atoms with van der Waals surface area (Å²) in [5.41, 5.74) is 2.53. The van der Waals surface area contributed by atoms with Crippen molar-refractivity contribution in [1.82, 2.24) is 5.43 Å². The number of hydrogen-bond acceptors (Lipinski definition) is 8. The number of benzene rings is 2. The van der Waals surface area contributed by atoms with Gasteiger partial charge in [0.2, 0.25) is 0 Å². The first-order valence-corrected chi connectivity index (χ1v) is 8.57. The van der Waals surface area contributed by atoms with Gasteiger partial charge in [-0.2, -0.15) is 5.10 Å². The highest BCUT2D eigenvalue weighted by Gasteiger charge is 2.16. The number of amides is 1. The smallest absolute Gasteiger partial charge is 0.344 e. The predicted molar refractivity (Wildman–Crippen MR) is 105 cm³/mol. The van der Waals surface area contributed by atoms with Crippen molar-refractivity contribution >= 4 is 23.8 Å². The number of carboxylic acid groups (broad SMARTS) is 1. The van der Waals surface area contributed by atoms with Gasteiger partial charge < -0.3 is 19.3 Å². The quantitative estimate of drug-likeness (QED) is 0.338. The predicted octanol–water partition coefficient (Wildman–Crippen LogP) is 1.98. The third-order valence-electron chi connectivity index (χ3n) is 3.66. The minimum Gasteiger partial charge on any atom is -0.493 e. The Morgan fingerprint density at radius 2 is 1.97 bits per heavy atom. The molecule has 0 heterocycles. The van der Waals surface area contributed by atoms with Gasteiger partial charge in [-0.25, -0.2) is 10.2 Å². The second-order valence-corrected chi connectivity index (χ2v) is 5.82. The Morgan fingerprint density at radius 1 is 1.23 bits per heavy atom. The van der Waals surface area contributed by atoms with E-state index in [-0.39, 0.29) is 22.9 Å². The normalized spacial score (nSPS) is 11.5. The molecule has 0 saturated carbocycles. The zero-order valence-electron chi connectivity index (χ0n) is 16.1. The van der Waals surface area contributed by atoms with Gasteiger partial charge in [0.1, 0.15) is 0 Å². The molecule has 0 unspecified atom stereocenters. The van der Waals surface area contributed by atoms with Crippen molar-refractivity contribution in [2.24, 2.45) is 5.10 Å². The summed E-state index contributed by atoms with van der Waals surface area (Å²) in [6.07, 6.45) is 0.272. The molecule has 0 bridgehead atoms. The minimum atomic E-state index is -1.12. The molecule has 0 radical (unpaired) electrons. The van der Waals surface area contributed by atoms with Crippen molar-refractivity contribution in [2.45, 2.75) is 13.0 Å². The van der Waals surface area contributed by atoms with E-state index in [2.05, 4.69) is 10.5 Å². The van der Waals surface area contributed by atoms with Crippen molar-refractivity contribution in [2.75, 3.05) is 13.7 Å². The Hall–Kier alpha value is -4.15. The molecular formula is C19H19N3O8. The zero-order valence-corrected chi connectivity index (χ0v) is 16.1. The highest BCUT2D eigenvalue weighted by molar-refractivity contribution is 5.83. The summed E-state index contributed by atoms with van der Waals surface area (Å²) >= 11 is 0. The molecule has 0 aliphatic heterocycles. The van der Waals surface area contributed by atoms with E-state index in [1.165, 1.54) is 44.5 Å². The molecule has 30 heavy (non-hydrogen) atoms. The van der Waals surface area contributed by atoms with Gasteiger partial charge in [-0.3, -0.25) is 14.9 Å². The number of nitrogens with one attached hydrogen (secondary N) is 1. The van der Waals surface area contributed by atoms with E-state index in [1.807, 2.05) is 0 Å². The summed E-state index contributed by atoms with van der Waals surface area (Å²) in [6.45, 7) is 0.921. The lowest BCUT2D eigenvalue weighted by Gasteiger charge is -2.14. The van der Waals surface area contributed by atoms with E-state index in [1.54, 1.807) is 18.2 Å². The van der Waals surface area contributed by atoms with Gasteiger partial charge in [0.05, 0.1) is 18.2 Å². The number of carbonyl (C=O) groups is 2. The number of nitrogens with zero attached hydrogens (tertiary/aromatic N) is 2. The molecule has 0 spiro atoms. The van der Waals surface area contributed by atoms with Gasteiger partial charge in [0, 0.05) is 6.07 Å². The van der Waals surface area contributed by atoms with Crippen molar-refractivity contribution in [3.63, 3.8) is 0 Å². The summed E-state index contributed by atoms with van der Waals surface area (Å²) in [6, 6.07) is 10.3. The average molecular weight is 417 g/mol. The fourth-order valence-corrected chi connectivity index (χ4v) is 2.19. The Bertz CT molecular complexity index is 961. The molecule has 2 aromatic rings. The first kappa shape index (κ1) is 22.1. The summed E-state index contributed by atoms with van der Waals surface area (Å²) in [4.78, 5) is 33.0. The summed E-state index contributed by atoms with van der Waals surface area (Å²) in [5, 5.41) is 23.6. The summed E-state index contributed by atoms with van der Waals surface area (Å²) in [7, 11) is 1.40. The van der Waals surface area contributed by atoms with Crippen molar-refractivity contribution in [3.8, 4) is 17.2 Å². The standard InChI is InChI=1S/C19H19N3O8/c1-12(19(24)25)30-16-8-7-13(9-17(16)28-2)10-20-21-18(23)11-29-15-6-4-3-5-14(15)22(26)27/h3-10,12H,11H2,1-2H3,(H,21,23)(H,24,25)/b20-10+/t12-/m1/s1. The average Bonchev–Trinajstić information content (AvgIpc) is 2.73. The first-order chi connectivity index (χ1) is 14.3. The Kier molecular flexibility index (Phi) is 7.68. The minimum absolute atomic E-state index is 0.0301. The SMILES string of the molecule is COc1cc(/C=N/NC(=O)COc2ccccc2[N+](=O)[O-])ccc1O[C@H](C)C(=O)O. The fourth-order valence-electron chi connectivity index (χ4n) is 2.19. The molecule has 0 aliphatic rings. The molecule has 2 aromatic carbocycles. The molecule has 0 fully saturated rings. The third-order valence-corrected chi connectivity index (χ3v) is 3.66. The van der Waals surface area contributed by atoms with Crippen LogP contribution < -0.4 is 19.6 Å². The van der Waals surface area contributed by atoms with Gasteiger partial charge in [0.25, 0.3) is 5.91 Å². The molecule has 11 heteroatoms. The molecule has 2 N–H and O–H groups in total. The number of nitro benzene ring substituents is 1. The molecule has 2 rings (SSSR count). The van der Waals surface area contributed by atoms with Gasteiger partial charge in [-0.05, 0) is 36.8 Å². The van der Waals surface area contributed by atoms with Crippen LogP contribution in [0.4, 0.5) is 5.69 Å². The van der Waals surface area contributed by atoms with Crippen molar-refractivity contribution in [3.05, 3.63) is 58.1 Å². The van der Waals surface area contributed by atoms with Crippen LogP contribution in [0.2, 0.25) is 0 Å². The van der Waals surface area contributed by atoms with Gasteiger partial charge in [0.15, 0.2) is 30.0 Å². The number of carbonyl (C=O) groups excluding carboxylic acids is 1. The van der Waals surface area contributed by atoms with E-state index >= 15 is 0 Å². The largest absolute Gasteiger partial charge is 0.493 e. The lowest BCUT2D eigenvalue weighted by atomic mass is 10.2. The van der Waals surface area contributed by atoms with Crippen LogP contribution >= 0.6 is 0 Å². The van der Waals surface area contributed by atoms with Crippen LogP contribution in [0.25, 0.3) is 0 Å². The van der Waals surface area contributed by atoms with E-state index in [0.717, 1.165) is 0 Å². The number of aliphatic carboxylic acids is 1. The Labute approximate surface area is 171 Å². The van der Waals surface area contributed by atoms with Crippen LogP contribution in [0.1, 0.15) is 12.5 Å². The number of carboxylic acids is 1. The van der Waals surface area contributed by atoms with Crippen LogP contribution in [-0.4, -0.2) is 47.9 Å². The van der Waals surface area contributed by atoms with Crippen LogP contribution in [0.5, 0.6) is 17.2 Å². The Morgan fingerprint density at radius 3 is 2.63 bits per heavy atom. The lowest BCUT2D eigenvalue weighted by Crippen LogP contribution is -2.24. The summed E-state index contributed by atoms with van der Waals surface area (Å²) in [5.74, 6) is -1.23. The van der Waals surface area contributed by atoms with Crippen LogP contribution in [0.3, 0.4) is 0 Å². The molecule has 158 valence electrons. The van der Waals surface area contributed by atoms with Crippen LogP contribution in [0.15, 0.2) is 47.6 Å². The zero-order chi connectivity index (χ0) is 22.1. The highest BCUT2D eigenvalue weighted by Crippen LogP contribution is 2.28. The number of hydrogen-bond donors (Lipinski definition) is 2. The number of para-hydroxylation sites is 2. The van der Waals surface area contributed by atoms with E-state index in [0.29, 0.717) is 5.56 Å². The molecule has 1 amide bonds. The topological polar surface area (TPSA) is 150 Å². The lowest BCUT2D eigenvalue weighted by molar-refractivity contribution is -0.385. The maximum Gasteiger partial charge on any atom is 0.344 e. The monoisotopic (exact) mass is 417 g/mol. The second kappa shape index (κ2) is 10.4. The number of hydrazone groups is 1. The number of ether oxygens (including phenoxy) is 3. The molecule has 11 nitrogen and oxygen atoms in total. The Balaban J connectivity index is 1.94. The first-order valence-electron chi connectivity index (χ1n) is 8.57. The van der Waals surface area contributed by atoms with Gasteiger partial charge in [-0.15, -0.1) is 0 Å². The third kappa shape index (κ3) is 6.19. The number of rotatable bonds is 10.